The molecular weight excluding hydrogens is 346 g/mol. The van der Waals surface area contributed by atoms with Crippen LogP contribution in [0.25, 0.3) is 11.0 Å². The van der Waals surface area contributed by atoms with E-state index in [4.69, 9.17) is 9.40 Å². The smallest absolute Gasteiger partial charge is 0.230 e. The second kappa shape index (κ2) is 9.48. The van der Waals surface area contributed by atoms with Gasteiger partial charge in [0, 0.05) is 6.54 Å². The Morgan fingerprint density at radius 2 is 2.08 bits per heavy atom. The average molecular weight is 372 g/mol. The van der Waals surface area contributed by atoms with Gasteiger partial charge in [0.25, 0.3) is 0 Å². The molecule has 0 saturated heterocycles. The maximum atomic E-state index is 12.1. The monoisotopic (exact) mass is 371 g/mol. The average Bonchev–Trinajstić information content (AvgIpc) is 3.29. The zero-order valence-electron chi connectivity index (χ0n) is 15.1. The van der Waals surface area contributed by atoms with Gasteiger partial charge in [-0.05, 0) is 30.7 Å². The van der Waals surface area contributed by atoms with Crippen LogP contribution in [0.5, 0.6) is 0 Å². The summed E-state index contributed by atoms with van der Waals surface area (Å²) in [5.74, 6) is 1.08. The number of hydrogen-bond donors (Lipinski definition) is 1. The highest BCUT2D eigenvalue weighted by Gasteiger charge is 2.13. The number of carbonyl (C=O) groups excluding carboxylic acids is 1. The van der Waals surface area contributed by atoms with E-state index in [-0.39, 0.29) is 5.91 Å². The number of imidazole rings is 1. The second-order valence-electron chi connectivity index (χ2n) is 6.24. The van der Waals surface area contributed by atoms with Gasteiger partial charge in [0.1, 0.15) is 5.76 Å². The van der Waals surface area contributed by atoms with Crippen molar-refractivity contribution in [2.75, 3.05) is 5.75 Å². The van der Waals surface area contributed by atoms with Gasteiger partial charge in [0.05, 0.1) is 29.6 Å². The summed E-state index contributed by atoms with van der Waals surface area (Å²) in [5, 5.41) is 3.79. The van der Waals surface area contributed by atoms with E-state index in [0.717, 1.165) is 34.9 Å². The van der Waals surface area contributed by atoms with Crippen LogP contribution in [0.1, 0.15) is 38.4 Å². The summed E-state index contributed by atoms with van der Waals surface area (Å²) in [7, 11) is 0. The van der Waals surface area contributed by atoms with Gasteiger partial charge >= 0.3 is 0 Å². The third-order valence-electron chi connectivity index (χ3n) is 4.23. The van der Waals surface area contributed by atoms with Crippen molar-refractivity contribution in [3.63, 3.8) is 0 Å². The number of aromatic nitrogens is 2. The van der Waals surface area contributed by atoms with Gasteiger partial charge in [-0.25, -0.2) is 4.98 Å². The first-order valence-corrected chi connectivity index (χ1v) is 10.1. The molecule has 0 unspecified atom stereocenters. The van der Waals surface area contributed by atoms with Crippen molar-refractivity contribution >= 4 is 28.7 Å². The summed E-state index contributed by atoms with van der Waals surface area (Å²) < 4.78 is 7.48. The zero-order chi connectivity index (χ0) is 18.2. The number of benzene rings is 1. The number of unbranched alkanes of at least 4 members (excludes halogenated alkanes) is 3. The number of nitrogens with zero attached hydrogens (tertiary/aromatic N) is 2. The predicted octanol–water partition coefficient (Wildman–Crippen LogP) is 4.62. The van der Waals surface area contributed by atoms with E-state index in [1.165, 1.54) is 31.0 Å². The number of para-hydroxylation sites is 2. The highest BCUT2D eigenvalue weighted by molar-refractivity contribution is 7.99. The van der Waals surface area contributed by atoms with Gasteiger partial charge in [0.2, 0.25) is 5.91 Å². The lowest BCUT2D eigenvalue weighted by Gasteiger charge is -2.09. The minimum absolute atomic E-state index is 0.0176. The maximum absolute atomic E-state index is 12.1. The number of amides is 1. The number of rotatable bonds is 10. The van der Waals surface area contributed by atoms with Crippen molar-refractivity contribution in [1.29, 1.82) is 0 Å². The zero-order valence-corrected chi connectivity index (χ0v) is 15.9. The Morgan fingerprint density at radius 3 is 2.88 bits per heavy atom. The fourth-order valence-corrected chi connectivity index (χ4v) is 3.73. The fourth-order valence-electron chi connectivity index (χ4n) is 2.86. The van der Waals surface area contributed by atoms with E-state index in [2.05, 4.69) is 22.9 Å². The van der Waals surface area contributed by atoms with Gasteiger partial charge in [0.15, 0.2) is 5.16 Å². The van der Waals surface area contributed by atoms with Crippen molar-refractivity contribution in [3.8, 4) is 0 Å². The Hall–Kier alpha value is -2.21. The molecule has 0 aliphatic rings. The van der Waals surface area contributed by atoms with Crippen LogP contribution in [-0.2, 0) is 17.9 Å². The van der Waals surface area contributed by atoms with E-state index in [9.17, 15) is 4.79 Å². The van der Waals surface area contributed by atoms with Gasteiger partial charge in [-0.2, -0.15) is 0 Å². The van der Waals surface area contributed by atoms with Gasteiger partial charge < -0.3 is 14.3 Å². The molecule has 0 saturated carbocycles. The maximum Gasteiger partial charge on any atom is 0.230 e. The third-order valence-corrected chi connectivity index (χ3v) is 5.20. The van der Waals surface area contributed by atoms with Crippen LogP contribution in [0.2, 0.25) is 0 Å². The van der Waals surface area contributed by atoms with E-state index >= 15 is 0 Å². The number of thioether (sulfide) groups is 1. The molecule has 1 aromatic carbocycles. The molecule has 3 rings (SSSR count). The Bertz CT molecular complexity index is 827. The first kappa shape index (κ1) is 18.6. The highest BCUT2D eigenvalue weighted by atomic mass is 32.2. The summed E-state index contributed by atoms with van der Waals surface area (Å²) in [5.41, 5.74) is 2.13. The molecule has 2 heterocycles. The first-order chi connectivity index (χ1) is 12.8. The summed E-state index contributed by atoms with van der Waals surface area (Å²) in [6.07, 6.45) is 6.44. The summed E-state index contributed by atoms with van der Waals surface area (Å²) >= 11 is 1.49. The van der Waals surface area contributed by atoms with Crippen LogP contribution in [-0.4, -0.2) is 21.2 Å². The van der Waals surface area contributed by atoms with Crippen molar-refractivity contribution in [1.82, 2.24) is 14.9 Å². The van der Waals surface area contributed by atoms with Crippen LogP contribution in [0.3, 0.4) is 0 Å². The molecule has 0 spiro atoms. The van der Waals surface area contributed by atoms with Crippen molar-refractivity contribution in [2.24, 2.45) is 0 Å². The third kappa shape index (κ3) is 4.91. The molecule has 0 radical (unpaired) electrons. The van der Waals surface area contributed by atoms with Crippen LogP contribution < -0.4 is 5.32 Å². The minimum atomic E-state index is -0.0176. The molecule has 0 aliphatic heterocycles. The molecule has 1 N–H and O–H groups in total. The van der Waals surface area contributed by atoms with Crippen LogP contribution in [0.4, 0.5) is 0 Å². The lowest BCUT2D eigenvalue weighted by molar-refractivity contribution is -0.118. The molecule has 1 amide bonds. The van der Waals surface area contributed by atoms with E-state index in [1.807, 2.05) is 30.3 Å². The molecule has 3 aromatic rings. The lowest BCUT2D eigenvalue weighted by atomic mass is 10.2. The molecule has 26 heavy (non-hydrogen) atoms. The number of nitrogens with one attached hydrogen (secondary N) is 1. The SMILES string of the molecule is CCCCCCn1c(SCC(=O)NCc2ccco2)nc2ccccc21. The fraction of sp³-hybridized carbons (Fsp3) is 0.400. The summed E-state index contributed by atoms with van der Waals surface area (Å²) in [6, 6.07) is 11.8. The van der Waals surface area contributed by atoms with Crippen LogP contribution in [0.15, 0.2) is 52.2 Å². The minimum Gasteiger partial charge on any atom is -0.467 e. The molecule has 6 heteroatoms. The lowest BCUT2D eigenvalue weighted by Crippen LogP contribution is -2.24. The molecule has 0 aliphatic carbocycles. The number of furan rings is 1. The van der Waals surface area contributed by atoms with Gasteiger partial charge in [-0.1, -0.05) is 50.1 Å². The van der Waals surface area contributed by atoms with E-state index < -0.39 is 0 Å². The topological polar surface area (TPSA) is 60.1 Å². The molecule has 5 nitrogen and oxygen atoms in total. The number of hydrogen-bond acceptors (Lipinski definition) is 4. The standard InChI is InChI=1S/C20H25N3O2S/c1-2-3-4-7-12-23-18-11-6-5-10-17(18)22-20(23)26-15-19(24)21-14-16-9-8-13-25-16/h5-6,8-11,13H,2-4,7,12,14-15H2,1H3,(H,21,24). The first-order valence-electron chi connectivity index (χ1n) is 9.15. The normalized spacial score (nSPS) is 11.1. The van der Waals surface area contributed by atoms with Gasteiger partial charge in [-0.15, -0.1) is 0 Å². The summed E-state index contributed by atoms with van der Waals surface area (Å²) in [6.45, 7) is 3.58. The predicted molar refractivity (Wildman–Crippen MR) is 105 cm³/mol. The highest BCUT2D eigenvalue weighted by Crippen LogP contribution is 2.24. The van der Waals surface area contributed by atoms with Crippen LogP contribution in [0, 0.1) is 0 Å². The van der Waals surface area contributed by atoms with E-state index in [0.29, 0.717) is 12.3 Å². The molecule has 138 valence electrons. The quantitative estimate of drug-likeness (QED) is 0.417. The molecule has 0 fully saturated rings. The number of carbonyl (C=O) groups is 1. The molecule has 0 atom stereocenters. The Kier molecular flexibility index (Phi) is 6.77. The number of fused-ring (bicyclic) bond motifs is 1. The number of aryl methyl sites for hydroxylation is 1. The second-order valence-corrected chi connectivity index (χ2v) is 7.18. The molecular formula is C20H25N3O2S. The molecule has 0 bridgehead atoms. The van der Waals surface area contributed by atoms with Crippen molar-refractivity contribution < 1.29 is 9.21 Å². The molecule has 2 aromatic heterocycles. The van der Waals surface area contributed by atoms with E-state index in [1.54, 1.807) is 6.26 Å². The van der Waals surface area contributed by atoms with Gasteiger partial charge in [-0.3, -0.25) is 4.79 Å². The van der Waals surface area contributed by atoms with Crippen molar-refractivity contribution in [3.05, 3.63) is 48.4 Å². The Balaban J connectivity index is 1.61. The van der Waals surface area contributed by atoms with Crippen molar-refractivity contribution in [2.45, 2.75) is 50.9 Å². The summed E-state index contributed by atoms with van der Waals surface area (Å²) in [4.78, 5) is 16.8. The van der Waals surface area contributed by atoms with Crippen LogP contribution >= 0.6 is 11.8 Å². The Labute approximate surface area is 158 Å². The Morgan fingerprint density at radius 1 is 1.19 bits per heavy atom. The largest absolute Gasteiger partial charge is 0.467 e.